The van der Waals surface area contributed by atoms with Crippen molar-refractivity contribution < 1.29 is 19.1 Å². The first-order valence-corrected chi connectivity index (χ1v) is 11.3. The van der Waals surface area contributed by atoms with Crippen molar-refractivity contribution in [1.29, 1.82) is 0 Å². The average Bonchev–Trinajstić information content (AvgIpc) is 3.25. The van der Waals surface area contributed by atoms with Gasteiger partial charge in [-0.3, -0.25) is 14.5 Å². The molecule has 1 aromatic carbocycles. The van der Waals surface area contributed by atoms with Crippen molar-refractivity contribution in [2.24, 2.45) is 11.3 Å². The van der Waals surface area contributed by atoms with Crippen LogP contribution in [0.1, 0.15) is 45.0 Å². The Hall–Kier alpha value is -2.74. The van der Waals surface area contributed by atoms with Crippen LogP contribution in [-0.2, 0) is 20.9 Å². The fourth-order valence-electron chi connectivity index (χ4n) is 5.09. The molecule has 2 aromatic rings. The van der Waals surface area contributed by atoms with E-state index in [-0.39, 0.29) is 17.9 Å². The summed E-state index contributed by atoms with van der Waals surface area (Å²) in [4.78, 5) is 43.5. The number of ether oxygens (including phenoxy) is 1. The Morgan fingerprint density at radius 1 is 1.26 bits per heavy atom. The van der Waals surface area contributed by atoms with Crippen molar-refractivity contribution in [1.82, 2.24) is 15.2 Å². The zero-order valence-electron chi connectivity index (χ0n) is 18.0. The summed E-state index contributed by atoms with van der Waals surface area (Å²) in [7, 11) is 0. The van der Waals surface area contributed by atoms with E-state index in [0.717, 1.165) is 22.6 Å². The molecule has 164 valence electrons. The van der Waals surface area contributed by atoms with E-state index in [1.165, 1.54) is 11.3 Å². The van der Waals surface area contributed by atoms with Gasteiger partial charge in [0.15, 0.2) is 0 Å². The maximum atomic E-state index is 13.1. The molecule has 3 amide bonds. The highest BCUT2D eigenvalue weighted by Crippen LogP contribution is 2.46. The van der Waals surface area contributed by atoms with Crippen molar-refractivity contribution in [3.8, 4) is 11.3 Å². The number of nitrogens with zero attached hydrogens (tertiary/aromatic N) is 2. The minimum atomic E-state index is -0.918. The third-order valence-electron chi connectivity index (χ3n) is 5.89. The topological polar surface area (TPSA) is 88.6 Å². The molecule has 0 radical (unpaired) electrons. The number of benzene rings is 1. The smallest absolute Gasteiger partial charge is 0.326 e. The molecule has 0 bridgehead atoms. The van der Waals surface area contributed by atoms with Crippen molar-refractivity contribution in [3.63, 3.8) is 0 Å². The van der Waals surface area contributed by atoms with Gasteiger partial charge in [0.2, 0.25) is 0 Å². The van der Waals surface area contributed by atoms with Crippen LogP contribution in [0.2, 0.25) is 0 Å². The molecule has 0 unspecified atom stereocenters. The number of amides is 3. The maximum absolute atomic E-state index is 13.1. The normalized spacial score (nSPS) is 25.0. The molecule has 1 aliphatic carbocycles. The summed E-state index contributed by atoms with van der Waals surface area (Å²) < 4.78 is 5.31. The molecule has 31 heavy (non-hydrogen) atoms. The Morgan fingerprint density at radius 3 is 2.71 bits per heavy atom. The number of hydrogen-bond donors (Lipinski definition) is 1. The van der Waals surface area contributed by atoms with Crippen LogP contribution in [0.3, 0.4) is 0 Å². The first kappa shape index (κ1) is 21.5. The number of hydrogen-bond acceptors (Lipinski definition) is 6. The zero-order valence-corrected chi connectivity index (χ0v) is 18.8. The minimum absolute atomic E-state index is 0.00912. The Labute approximate surface area is 185 Å². The number of nitrogens with one attached hydrogen (secondary N) is 1. The molecule has 2 atom stereocenters. The second-order valence-corrected chi connectivity index (χ2v) is 10.4. The molecule has 2 heterocycles. The van der Waals surface area contributed by atoms with Gasteiger partial charge in [0.05, 0.1) is 5.69 Å². The van der Waals surface area contributed by atoms with Gasteiger partial charge >= 0.3 is 12.0 Å². The Morgan fingerprint density at radius 2 is 2.00 bits per heavy atom. The predicted octanol–water partition coefficient (Wildman–Crippen LogP) is 3.99. The van der Waals surface area contributed by atoms with Crippen molar-refractivity contribution in [2.45, 2.75) is 52.2 Å². The first-order valence-electron chi connectivity index (χ1n) is 10.5. The number of urea groups is 1. The molecule has 1 aliphatic heterocycles. The summed E-state index contributed by atoms with van der Waals surface area (Å²) in [5.74, 6) is -0.640. The molecule has 4 rings (SSSR count). The SMILES string of the molecule is C[C@H]1CC(C)(C)C[C@@]2(C1)NC(=O)N(CC(=O)OCc1nc(-c3ccccc3)cs1)C2=O. The van der Waals surface area contributed by atoms with Crippen molar-refractivity contribution >= 4 is 29.2 Å². The Kier molecular flexibility index (Phi) is 5.60. The van der Waals surface area contributed by atoms with E-state index < -0.39 is 24.1 Å². The molecular weight excluding hydrogens is 414 g/mol. The minimum Gasteiger partial charge on any atom is -0.457 e. The number of rotatable bonds is 5. The van der Waals surface area contributed by atoms with Crippen LogP contribution in [0.4, 0.5) is 4.79 Å². The van der Waals surface area contributed by atoms with E-state index in [1.807, 2.05) is 35.7 Å². The van der Waals surface area contributed by atoms with Crippen molar-refractivity contribution in [3.05, 3.63) is 40.7 Å². The lowest BCUT2D eigenvalue weighted by Crippen LogP contribution is -2.54. The van der Waals surface area contributed by atoms with Crippen LogP contribution in [0, 0.1) is 11.3 Å². The molecule has 2 aliphatic rings. The first-order chi connectivity index (χ1) is 14.7. The van der Waals surface area contributed by atoms with Gasteiger partial charge in [-0.2, -0.15) is 0 Å². The van der Waals surface area contributed by atoms with Crippen molar-refractivity contribution in [2.75, 3.05) is 6.54 Å². The Bertz CT molecular complexity index is 1000. The second kappa shape index (κ2) is 8.07. The molecule has 1 saturated carbocycles. The number of aromatic nitrogens is 1. The molecule has 8 heteroatoms. The second-order valence-electron chi connectivity index (χ2n) is 9.41. The highest BCUT2D eigenvalue weighted by molar-refractivity contribution is 7.09. The molecule has 1 spiro atoms. The largest absolute Gasteiger partial charge is 0.457 e. The standard InChI is InChI=1S/C23H27N3O4S/c1-15-9-22(2,3)14-23(10-15)20(28)26(21(29)25-23)11-19(27)30-12-18-24-17(13-31-18)16-7-5-4-6-8-16/h4-8,13,15H,9-12,14H2,1-3H3,(H,25,29)/t15-,23+/m0/s1. The van der Waals surface area contributed by atoms with Crippen LogP contribution >= 0.6 is 11.3 Å². The van der Waals surface area contributed by atoms with Gasteiger partial charge in [-0.05, 0) is 30.6 Å². The lowest BCUT2D eigenvalue weighted by Gasteiger charge is -2.43. The van der Waals surface area contributed by atoms with E-state index >= 15 is 0 Å². The van der Waals surface area contributed by atoms with Crippen LogP contribution in [0.5, 0.6) is 0 Å². The van der Waals surface area contributed by atoms with Gasteiger partial charge < -0.3 is 10.1 Å². The third kappa shape index (κ3) is 4.49. The van der Waals surface area contributed by atoms with E-state index in [0.29, 0.717) is 23.8 Å². The third-order valence-corrected chi connectivity index (χ3v) is 6.71. The summed E-state index contributed by atoms with van der Waals surface area (Å²) >= 11 is 1.40. The molecule has 7 nitrogen and oxygen atoms in total. The van der Waals surface area contributed by atoms with E-state index in [1.54, 1.807) is 0 Å². The van der Waals surface area contributed by atoms with Crippen LogP contribution in [-0.4, -0.2) is 39.9 Å². The van der Waals surface area contributed by atoms with Gasteiger partial charge in [-0.1, -0.05) is 51.1 Å². The highest BCUT2D eigenvalue weighted by atomic mass is 32.1. The number of imide groups is 1. The number of thiazole rings is 1. The summed E-state index contributed by atoms with van der Waals surface area (Å²) in [6.07, 6.45) is 2.16. The van der Waals surface area contributed by atoms with E-state index in [9.17, 15) is 14.4 Å². The molecule has 1 saturated heterocycles. The molecule has 2 fully saturated rings. The maximum Gasteiger partial charge on any atom is 0.326 e. The highest BCUT2D eigenvalue weighted by Gasteiger charge is 2.56. The summed E-state index contributed by atoms with van der Waals surface area (Å²) in [5.41, 5.74) is 0.837. The van der Waals surface area contributed by atoms with Crippen LogP contribution < -0.4 is 5.32 Å². The van der Waals surface area contributed by atoms with E-state index in [4.69, 9.17) is 4.74 Å². The van der Waals surface area contributed by atoms with Crippen LogP contribution in [0.15, 0.2) is 35.7 Å². The average molecular weight is 442 g/mol. The fourth-order valence-corrected chi connectivity index (χ4v) is 5.80. The lowest BCUT2D eigenvalue weighted by atomic mass is 9.64. The van der Waals surface area contributed by atoms with Gasteiger partial charge in [-0.25, -0.2) is 9.78 Å². The quantitative estimate of drug-likeness (QED) is 0.560. The van der Waals surface area contributed by atoms with Crippen LogP contribution in [0.25, 0.3) is 11.3 Å². The molecule has 1 aromatic heterocycles. The number of carbonyl (C=O) groups is 3. The lowest BCUT2D eigenvalue weighted by molar-refractivity contribution is -0.149. The zero-order chi connectivity index (χ0) is 22.2. The van der Waals surface area contributed by atoms with Gasteiger partial charge in [-0.15, -0.1) is 11.3 Å². The van der Waals surface area contributed by atoms with Gasteiger partial charge in [0, 0.05) is 10.9 Å². The fraction of sp³-hybridized carbons (Fsp3) is 0.478. The predicted molar refractivity (Wildman–Crippen MR) is 117 cm³/mol. The summed E-state index contributed by atoms with van der Waals surface area (Å²) in [5, 5.41) is 5.44. The molecular formula is C23H27N3O4S. The Balaban J connectivity index is 1.36. The van der Waals surface area contributed by atoms with Gasteiger partial charge in [0.1, 0.15) is 23.7 Å². The summed E-state index contributed by atoms with van der Waals surface area (Å²) in [6.45, 7) is 5.93. The number of esters is 1. The monoisotopic (exact) mass is 441 g/mol. The van der Waals surface area contributed by atoms with Gasteiger partial charge in [0.25, 0.3) is 5.91 Å². The summed E-state index contributed by atoms with van der Waals surface area (Å²) in [6, 6.07) is 9.22. The molecule has 1 N–H and O–H groups in total. The van der Waals surface area contributed by atoms with E-state index in [2.05, 4.69) is 31.1 Å². The number of carbonyl (C=O) groups excluding carboxylic acids is 3.